The van der Waals surface area contributed by atoms with Gasteiger partial charge in [0.15, 0.2) is 11.5 Å². The second-order valence-corrected chi connectivity index (χ2v) is 7.93. The Hall–Kier alpha value is -2.65. The van der Waals surface area contributed by atoms with Crippen LogP contribution in [0.25, 0.3) is 10.9 Å². The van der Waals surface area contributed by atoms with Crippen molar-refractivity contribution in [2.75, 3.05) is 51.0 Å². The molecule has 0 amide bonds. The van der Waals surface area contributed by atoms with E-state index in [9.17, 15) is 0 Å². The van der Waals surface area contributed by atoms with Crippen LogP contribution in [0.1, 0.15) is 17.6 Å². The van der Waals surface area contributed by atoms with Crippen LogP contribution in [-0.4, -0.2) is 60.3 Å². The third-order valence-corrected chi connectivity index (χ3v) is 6.20. The maximum absolute atomic E-state index is 6.23. The zero-order valence-electron chi connectivity index (χ0n) is 17.0. The van der Waals surface area contributed by atoms with Crippen LogP contribution in [0.3, 0.4) is 0 Å². The number of anilines is 2. The summed E-state index contributed by atoms with van der Waals surface area (Å²) in [5.41, 5.74) is 8.14. The Balaban J connectivity index is 1.49. The molecular weight excluding hydrogens is 388 g/mol. The Labute approximate surface area is 174 Å². The fourth-order valence-corrected chi connectivity index (χ4v) is 4.26. The van der Waals surface area contributed by atoms with E-state index in [-0.39, 0.29) is 0 Å². The van der Waals surface area contributed by atoms with E-state index in [1.54, 1.807) is 25.6 Å². The van der Waals surface area contributed by atoms with Gasteiger partial charge in [-0.25, -0.2) is 9.97 Å². The molecule has 0 atom stereocenters. The summed E-state index contributed by atoms with van der Waals surface area (Å²) in [5, 5.41) is 4.13. The number of piperazine rings is 1. The fourth-order valence-electron chi connectivity index (χ4n) is 3.53. The van der Waals surface area contributed by atoms with Gasteiger partial charge in [0.2, 0.25) is 5.95 Å². The molecule has 4 rings (SSSR count). The molecular formula is C20H26N6O2S. The van der Waals surface area contributed by atoms with Crippen molar-refractivity contribution in [3.8, 4) is 11.5 Å². The molecule has 3 heterocycles. The molecule has 8 nitrogen and oxygen atoms in total. The Bertz CT molecular complexity index is 1000. The predicted molar refractivity (Wildman–Crippen MR) is 116 cm³/mol. The van der Waals surface area contributed by atoms with Gasteiger partial charge in [0.1, 0.15) is 5.82 Å². The van der Waals surface area contributed by atoms with E-state index in [4.69, 9.17) is 20.2 Å². The van der Waals surface area contributed by atoms with Crippen LogP contribution in [0.15, 0.2) is 17.5 Å². The predicted octanol–water partition coefficient (Wildman–Crippen LogP) is 2.57. The van der Waals surface area contributed by atoms with Gasteiger partial charge in [-0.05, 0) is 12.5 Å². The van der Waals surface area contributed by atoms with Crippen LogP contribution in [0.5, 0.6) is 11.5 Å². The first-order valence-electron chi connectivity index (χ1n) is 9.71. The van der Waals surface area contributed by atoms with Gasteiger partial charge in [-0.1, -0.05) is 6.92 Å². The maximum Gasteiger partial charge on any atom is 0.227 e. The number of ether oxygens (including phenoxy) is 2. The molecule has 1 aliphatic rings. The van der Waals surface area contributed by atoms with Crippen LogP contribution in [0.2, 0.25) is 0 Å². The molecule has 0 aliphatic carbocycles. The van der Waals surface area contributed by atoms with Gasteiger partial charge in [0.25, 0.3) is 0 Å². The van der Waals surface area contributed by atoms with Gasteiger partial charge in [-0.3, -0.25) is 4.90 Å². The SMILES string of the molecule is CCc1nc(CN2CCN(c3nc(N)c4cc(OC)c(OC)cc4n3)CC2)cs1. The summed E-state index contributed by atoms with van der Waals surface area (Å²) in [6, 6.07) is 3.67. The second kappa shape index (κ2) is 8.38. The molecule has 2 N–H and O–H groups in total. The zero-order chi connectivity index (χ0) is 20.4. The Kier molecular flexibility index (Phi) is 5.68. The number of thiazole rings is 1. The second-order valence-electron chi connectivity index (χ2n) is 6.98. The topological polar surface area (TPSA) is 89.6 Å². The largest absolute Gasteiger partial charge is 0.493 e. The number of methoxy groups -OCH3 is 2. The minimum absolute atomic E-state index is 0.447. The molecule has 0 unspecified atom stereocenters. The summed E-state index contributed by atoms with van der Waals surface area (Å²) >= 11 is 1.74. The smallest absolute Gasteiger partial charge is 0.227 e. The number of nitrogens with zero attached hydrogens (tertiary/aromatic N) is 5. The number of aromatic nitrogens is 3. The average molecular weight is 415 g/mol. The van der Waals surface area contributed by atoms with Crippen molar-refractivity contribution in [3.63, 3.8) is 0 Å². The van der Waals surface area contributed by atoms with E-state index in [1.807, 2.05) is 12.1 Å². The van der Waals surface area contributed by atoms with Crippen LogP contribution in [0, 0.1) is 0 Å². The molecule has 29 heavy (non-hydrogen) atoms. The van der Waals surface area contributed by atoms with Gasteiger partial charge >= 0.3 is 0 Å². The normalized spacial score (nSPS) is 15.1. The quantitative estimate of drug-likeness (QED) is 0.658. The van der Waals surface area contributed by atoms with Gasteiger partial charge in [-0.2, -0.15) is 4.98 Å². The lowest BCUT2D eigenvalue weighted by Gasteiger charge is -2.34. The number of rotatable bonds is 6. The highest BCUT2D eigenvalue weighted by molar-refractivity contribution is 7.09. The van der Waals surface area contributed by atoms with E-state index in [2.05, 4.69) is 32.1 Å². The molecule has 154 valence electrons. The third-order valence-electron chi connectivity index (χ3n) is 5.16. The van der Waals surface area contributed by atoms with E-state index < -0.39 is 0 Å². The number of fused-ring (bicyclic) bond motifs is 1. The summed E-state index contributed by atoms with van der Waals surface area (Å²) < 4.78 is 10.8. The van der Waals surface area contributed by atoms with Gasteiger partial charge in [0, 0.05) is 49.6 Å². The molecule has 9 heteroatoms. The van der Waals surface area contributed by atoms with Crippen molar-refractivity contribution in [3.05, 3.63) is 28.2 Å². The molecule has 0 bridgehead atoms. The van der Waals surface area contributed by atoms with Crippen molar-refractivity contribution in [1.82, 2.24) is 19.9 Å². The number of hydrogen-bond acceptors (Lipinski definition) is 9. The monoisotopic (exact) mass is 414 g/mol. The molecule has 2 aromatic heterocycles. The van der Waals surface area contributed by atoms with Gasteiger partial charge in [-0.15, -0.1) is 11.3 Å². The van der Waals surface area contributed by atoms with Crippen LogP contribution < -0.4 is 20.1 Å². The van der Waals surface area contributed by atoms with E-state index in [0.29, 0.717) is 23.3 Å². The number of nitrogen functional groups attached to an aromatic ring is 1. The highest BCUT2D eigenvalue weighted by atomic mass is 32.1. The summed E-state index contributed by atoms with van der Waals surface area (Å²) in [5.74, 6) is 2.35. The summed E-state index contributed by atoms with van der Waals surface area (Å²) in [7, 11) is 3.21. The Morgan fingerprint density at radius 2 is 1.76 bits per heavy atom. The van der Waals surface area contributed by atoms with Crippen LogP contribution in [0.4, 0.5) is 11.8 Å². The first-order valence-corrected chi connectivity index (χ1v) is 10.6. The summed E-state index contributed by atoms with van der Waals surface area (Å²) in [6.45, 7) is 6.61. The summed E-state index contributed by atoms with van der Waals surface area (Å²) in [6.07, 6.45) is 0.996. The minimum Gasteiger partial charge on any atom is -0.493 e. The zero-order valence-corrected chi connectivity index (χ0v) is 17.8. The van der Waals surface area contributed by atoms with Gasteiger partial charge in [0.05, 0.1) is 30.4 Å². The van der Waals surface area contributed by atoms with Crippen molar-refractivity contribution in [1.29, 1.82) is 0 Å². The van der Waals surface area contributed by atoms with Crippen molar-refractivity contribution in [2.24, 2.45) is 0 Å². The first kappa shape index (κ1) is 19.7. The minimum atomic E-state index is 0.447. The van der Waals surface area contributed by atoms with Gasteiger partial charge < -0.3 is 20.1 Å². The lowest BCUT2D eigenvalue weighted by Crippen LogP contribution is -2.46. The fraction of sp³-hybridized carbons (Fsp3) is 0.450. The number of benzene rings is 1. The lowest BCUT2D eigenvalue weighted by atomic mass is 10.2. The van der Waals surface area contributed by atoms with Crippen molar-refractivity contribution < 1.29 is 9.47 Å². The Morgan fingerprint density at radius 3 is 2.41 bits per heavy atom. The summed E-state index contributed by atoms with van der Waals surface area (Å²) in [4.78, 5) is 18.6. The first-order chi connectivity index (χ1) is 14.1. The van der Waals surface area contributed by atoms with E-state index >= 15 is 0 Å². The van der Waals surface area contributed by atoms with E-state index in [1.165, 1.54) is 5.01 Å². The molecule has 0 saturated carbocycles. The molecule has 0 radical (unpaired) electrons. The number of nitrogens with two attached hydrogens (primary N) is 1. The van der Waals surface area contributed by atoms with Crippen LogP contribution >= 0.6 is 11.3 Å². The molecule has 1 aliphatic heterocycles. The molecule has 1 fully saturated rings. The maximum atomic E-state index is 6.23. The highest BCUT2D eigenvalue weighted by Crippen LogP contribution is 2.34. The molecule has 1 aromatic carbocycles. The van der Waals surface area contributed by atoms with Crippen LogP contribution in [-0.2, 0) is 13.0 Å². The number of aryl methyl sites for hydroxylation is 1. The lowest BCUT2D eigenvalue weighted by molar-refractivity contribution is 0.246. The standard InChI is InChI=1S/C20H26N6O2S/c1-4-18-22-13(12-29-18)11-25-5-7-26(8-6-25)20-23-15-10-17(28-3)16(27-2)9-14(15)19(21)24-20/h9-10,12H,4-8,11H2,1-3H3,(H2,21,23,24). The molecule has 3 aromatic rings. The van der Waals surface area contributed by atoms with Crippen molar-refractivity contribution >= 4 is 34.0 Å². The number of hydrogen-bond donors (Lipinski definition) is 1. The van der Waals surface area contributed by atoms with E-state index in [0.717, 1.165) is 55.7 Å². The van der Waals surface area contributed by atoms with Crippen molar-refractivity contribution in [2.45, 2.75) is 19.9 Å². The third kappa shape index (κ3) is 4.06. The molecule has 0 spiro atoms. The average Bonchev–Trinajstić information content (AvgIpc) is 3.20. The molecule has 1 saturated heterocycles. The Morgan fingerprint density at radius 1 is 1.03 bits per heavy atom. The highest BCUT2D eigenvalue weighted by Gasteiger charge is 2.21.